The van der Waals surface area contributed by atoms with Crippen molar-refractivity contribution in [3.05, 3.63) is 35.1 Å². The number of rotatable bonds is 5. The zero-order valence-corrected chi connectivity index (χ0v) is 10.5. The minimum atomic E-state index is -0.421. The van der Waals surface area contributed by atoms with Gasteiger partial charge in [0.05, 0.1) is 11.6 Å². The molecule has 18 heavy (non-hydrogen) atoms. The SMILES string of the molecule is CN(C)C(=O)CCNCc1cc(F)cc(C#N)c1. The Morgan fingerprint density at radius 1 is 1.44 bits per heavy atom. The van der Waals surface area contributed by atoms with Gasteiger partial charge in [0.25, 0.3) is 0 Å². The Hall–Kier alpha value is -1.93. The quantitative estimate of drug-likeness (QED) is 0.799. The molecule has 4 nitrogen and oxygen atoms in total. The first kappa shape index (κ1) is 14.1. The predicted molar refractivity (Wildman–Crippen MR) is 66.1 cm³/mol. The van der Waals surface area contributed by atoms with Crippen molar-refractivity contribution in [1.82, 2.24) is 10.2 Å². The Balaban J connectivity index is 2.43. The van der Waals surface area contributed by atoms with Crippen LogP contribution in [0, 0.1) is 17.1 Å². The first-order chi connectivity index (χ1) is 8.52. The van der Waals surface area contributed by atoms with Crippen LogP contribution >= 0.6 is 0 Å². The van der Waals surface area contributed by atoms with Crippen LogP contribution in [0.5, 0.6) is 0 Å². The van der Waals surface area contributed by atoms with Crippen LogP contribution in [-0.4, -0.2) is 31.4 Å². The van der Waals surface area contributed by atoms with Crippen LogP contribution < -0.4 is 5.32 Å². The molecule has 0 unspecified atom stereocenters. The predicted octanol–water partition coefficient (Wildman–Crippen LogP) is 1.27. The number of carbonyl (C=O) groups excluding carboxylic acids is 1. The van der Waals surface area contributed by atoms with E-state index < -0.39 is 5.82 Å². The Morgan fingerprint density at radius 2 is 2.17 bits per heavy atom. The van der Waals surface area contributed by atoms with Crippen LogP contribution in [0.25, 0.3) is 0 Å². The van der Waals surface area contributed by atoms with E-state index in [1.54, 1.807) is 20.2 Å². The molecular formula is C13H16FN3O. The van der Waals surface area contributed by atoms with Crippen molar-refractivity contribution < 1.29 is 9.18 Å². The highest BCUT2D eigenvalue weighted by Gasteiger charge is 2.03. The molecule has 0 radical (unpaired) electrons. The summed E-state index contributed by atoms with van der Waals surface area (Å²) < 4.78 is 13.1. The normalized spacial score (nSPS) is 9.89. The van der Waals surface area contributed by atoms with E-state index in [4.69, 9.17) is 5.26 Å². The summed E-state index contributed by atoms with van der Waals surface area (Å²) in [5, 5.41) is 11.7. The molecule has 0 fully saturated rings. The third-order valence-electron chi connectivity index (χ3n) is 2.43. The Labute approximate surface area is 106 Å². The minimum absolute atomic E-state index is 0.0412. The van der Waals surface area contributed by atoms with Gasteiger partial charge in [-0.05, 0) is 23.8 Å². The van der Waals surface area contributed by atoms with Gasteiger partial charge < -0.3 is 10.2 Å². The van der Waals surface area contributed by atoms with Gasteiger partial charge in [0, 0.05) is 33.6 Å². The summed E-state index contributed by atoms with van der Waals surface area (Å²) in [5.41, 5.74) is 1.00. The molecular weight excluding hydrogens is 233 g/mol. The molecule has 0 aromatic heterocycles. The second-order valence-electron chi connectivity index (χ2n) is 4.17. The molecule has 0 aliphatic carbocycles. The summed E-state index contributed by atoms with van der Waals surface area (Å²) in [6.07, 6.45) is 0.396. The highest BCUT2D eigenvalue weighted by Crippen LogP contribution is 2.08. The fourth-order valence-electron chi connectivity index (χ4n) is 1.47. The number of hydrogen-bond donors (Lipinski definition) is 1. The van der Waals surface area contributed by atoms with Gasteiger partial charge in [-0.15, -0.1) is 0 Å². The summed E-state index contributed by atoms with van der Waals surface area (Å²) in [5.74, 6) is -0.380. The number of carbonyl (C=O) groups is 1. The van der Waals surface area contributed by atoms with Crippen molar-refractivity contribution >= 4 is 5.91 Å². The number of benzene rings is 1. The van der Waals surface area contributed by atoms with Crippen molar-refractivity contribution in [2.45, 2.75) is 13.0 Å². The summed E-state index contributed by atoms with van der Waals surface area (Å²) in [6, 6.07) is 6.10. The molecule has 1 amide bonds. The lowest BCUT2D eigenvalue weighted by Gasteiger charge is -2.10. The molecule has 0 spiro atoms. The standard InChI is InChI=1S/C13H16FN3O/c1-17(2)13(18)3-4-16-9-11-5-10(8-15)6-12(14)7-11/h5-7,16H,3-4,9H2,1-2H3. The zero-order chi connectivity index (χ0) is 13.5. The fraction of sp³-hybridized carbons (Fsp3) is 0.385. The molecule has 0 heterocycles. The van der Waals surface area contributed by atoms with Crippen molar-refractivity contribution in [2.75, 3.05) is 20.6 Å². The molecule has 0 aliphatic heterocycles. The third-order valence-corrected chi connectivity index (χ3v) is 2.43. The smallest absolute Gasteiger partial charge is 0.223 e. The molecule has 96 valence electrons. The van der Waals surface area contributed by atoms with Gasteiger partial charge in [-0.25, -0.2) is 4.39 Å². The maximum absolute atomic E-state index is 13.1. The van der Waals surface area contributed by atoms with Gasteiger partial charge in [-0.3, -0.25) is 4.79 Å². The highest BCUT2D eigenvalue weighted by molar-refractivity contribution is 5.75. The van der Waals surface area contributed by atoms with E-state index in [-0.39, 0.29) is 5.91 Å². The molecule has 0 bridgehead atoms. The second-order valence-corrected chi connectivity index (χ2v) is 4.17. The largest absolute Gasteiger partial charge is 0.349 e. The maximum Gasteiger partial charge on any atom is 0.223 e. The topological polar surface area (TPSA) is 56.1 Å². The number of nitriles is 1. The molecule has 1 aromatic carbocycles. The molecule has 0 aliphatic rings. The number of nitrogens with zero attached hydrogens (tertiary/aromatic N) is 2. The van der Waals surface area contributed by atoms with Crippen molar-refractivity contribution in [3.8, 4) is 6.07 Å². The van der Waals surface area contributed by atoms with Gasteiger partial charge in [0.15, 0.2) is 0 Å². The Morgan fingerprint density at radius 3 is 2.78 bits per heavy atom. The third kappa shape index (κ3) is 4.52. The Bertz CT molecular complexity index is 466. The van der Waals surface area contributed by atoms with Crippen molar-refractivity contribution in [1.29, 1.82) is 5.26 Å². The summed E-state index contributed by atoms with van der Waals surface area (Å²) >= 11 is 0. The maximum atomic E-state index is 13.1. The van der Waals surface area contributed by atoms with Crippen LogP contribution in [0.3, 0.4) is 0 Å². The van der Waals surface area contributed by atoms with E-state index in [0.717, 1.165) is 0 Å². The van der Waals surface area contributed by atoms with E-state index in [0.29, 0.717) is 30.6 Å². The number of nitrogens with one attached hydrogen (secondary N) is 1. The average Bonchev–Trinajstić information content (AvgIpc) is 2.33. The van der Waals surface area contributed by atoms with E-state index in [1.807, 2.05) is 6.07 Å². The van der Waals surface area contributed by atoms with Crippen LogP contribution in [-0.2, 0) is 11.3 Å². The minimum Gasteiger partial charge on any atom is -0.349 e. The zero-order valence-electron chi connectivity index (χ0n) is 10.5. The monoisotopic (exact) mass is 249 g/mol. The lowest BCUT2D eigenvalue weighted by molar-refractivity contribution is -0.128. The van der Waals surface area contributed by atoms with Crippen LogP contribution in [0.4, 0.5) is 4.39 Å². The average molecular weight is 249 g/mol. The van der Waals surface area contributed by atoms with Gasteiger partial charge in [-0.2, -0.15) is 5.26 Å². The van der Waals surface area contributed by atoms with Gasteiger partial charge in [0.1, 0.15) is 5.82 Å². The van der Waals surface area contributed by atoms with E-state index >= 15 is 0 Å². The summed E-state index contributed by atoms with van der Waals surface area (Å²) in [7, 11) is 3.40. The Kier molecular flexibility index (Phi) is 5.28. The molecule has 1 rings (SSSR count). The molecule has 0 saturated heterocycles. The van der Waals surface area contributed by atoms with Crippen LogP contribution in [0.1, 0.15) is 17.5 Å². The lowest BCUT2D eigenvalue weighted by Crippen LogP contribution is -2.26. The van der Waals surface area contributed by atoms with E-state index in [9.17, 15) is 9.18 Å². The van der Waals surface area contributed by atoms with Crippen LogP contribution in [0.2, 0.25) is 0 Å². The van der Waals surface area contributed by atoms with Crippen LogP contribution in [0.15, 0.2) is 18.2 Å². The lowest BCUT2D eigenvalue weighted by atomic mass is 10.1. The molecule has 5 heteroatoms. The van der Waals surface area contributed by atoms with E-state index in [1.165, 1.54) is 17.0 Å². The highest BCUT2D eigenvalue weighted by atomic mass is 19.1. The van der Waals surface area contributed by atoms with Gasteiger partial charge in [-0.1, -0.05) is 0 Å². The first-order valence-electron chi connectivity index (χ1n) is 5.63. The molecule has 0 atom stereocenters. The number of hydrogen-bond acceptors (Lipinski definition) is 3. The molecule has 1 aromatic rings. The fourth-order valence-corrected chi connectivity index (χ4v) is 1.47. The van der Waals surface area contributed by atoms with Crippen molar-refractivity contribution in [3.63, 3.8) is 0 Å². The van der Waals surface area contributed by atoms with E-state index in [2.05, 4.69) is 5.32 Å². The molecule has 0 saturated carbocycles. The van der Waals surface area contributed by atoms with Gasteiger partial charge in [0.2, 0.25) is 5.91 Å². The summed E-state index contributed by atoms with van der Waals surface area (Å²) in [4.78, 5) is 12.8. The number of halogens is 1. The van der Waals surface area contributed by atoms with Crippen molar-refractivity contribution in [2.24, 2.45) is 0 Å². The second kappa shape index (κ2) is 6.72. The first-order valence-corrected chi connectivity index (χ1v) is 5.63. The number of amides is 1. The summed E-state index contributed by atoms with van der Waals surface area (Å²) in [6.45, 7) is 0.961. The molecule has 1 N–H and O–H groups in total. The van der Waals surface area contributed by atoms with Gasteiger partial charge >= 0.3 is 0 Å².